The van der Waals surface area contributed by atoms with Gasteiger partial charge in [0.15, 0.2) is 0 Å². The summed E-state index contributed by atoms with van der Waals surface area (Å²) in [5.74, 6) is 1.73. The summed E-state index contributed by atoms with van der Waals surface area (Å²) in [6, 6.07) is 7.79. The minimum atomic E-state index is 0.518. The van der Waals surface area contributed by atoms with Gasteiger partial charge in [0, 0.05) is 30.9 Å². The summed E-state index contributed by atoms with van der Waals surface area (Å²) in [5.41, 5.74) is 3.61. The molecule has 0 bridgehead atoms. The van der Waals surface area contributed by atoms with Crippen LogP contribution in [0.2, 0.25) is 0 Å². The average Bonchev–Trinajstić information content (AvgIpc) is 3.25. The van der Waals surface area contributed by atoms with Crippen molar-refractivity contribution >= 4 is 22.6 Å². The molecule has 2 aromatic rings. The van der Waals surface area contributed by atoms with Crippen molar-refractivity contribution in [3.8, 4) is 0 Å². The van der Waals surface area contributed by atoms with Crippen LogP contribution < -0.4 is 0 Å². The van der Waals surface area contributed by atoms with Crippen LogP contribution in [0.25, 0.3) is 11.0 Å². The van der Waals surface area contributed by atoms with E-state index in [4.69, 9.17) is 16.6 Å². The zero-order valence-corrected chi connectivity index (χ0v) is 13.9. The second-order valence-corrected chi connectivity index (χ2v) is 6.69. The number of hydrogen-bond donors (Lipinski definition) is 0. The van der Waals surface area contributed by atoms with Gasteiger partial charge in [-0.2, -0.15) is 0 Å². The van der Waals surface area contributed by atoms with E-state index in [-0.39, 0.29) is 0 Å². The van der Waals surface area contributed by atoms with Crippen molar-refractivity contribution < 1.29 is 0 Å². The number of imidazole rings is 1. The van der Waals surface area contributed by atoms with Crippen LogP contribution in [0.3, 0.4) is 0 Å². The van der Waals surface area contributed by atoms with Gasteiger partial charge in [0.05, 0.1) is 11.0 Å². The SMILES string of the molecule is Cc1ccc2nc(CCCl)n(CC(C)N(C)C3CC3)c2c1. The molecule has 1 heterocycles. The van der Waals surface area contributed by atoms with Gasteiger partial charge in [-0.05, 0) is 51.4 Å². The zero-order chi connectivity index (χ0) is 15.0. The van der Waals surface area contributed by atoms with Gasteiger partial charge in [-0.15, -0.1) is 11.6 Å². The molecule has 0 aliphatic heterocycles. The van der Waals surface area contributed by atoms with Crippen molar-refractivity contribution in [2.45, 2.75) is 51.7 Å². The quantitative estimate of drug-likeness (QED) is 0.760. The number of likely N-dealkylation sites (N-methyl/N-ethyl adjacent to an activating group) is 1. The minimum Gasteiger partial charge on any atom is -0.326 e. The van der Waals surface area contributed by atoms with Crippen LogP contribution in [-0.4, -0.2) is 39.5 Å². The van der Waals surface area contributed by atoms with E-state index in [1.54, 1.807) is 0 Å². The highest BCUT2D eigenvalue weighted by molar-refractivity contribution is 6.17. The monoisotopic (exact) mass is 305 g/mol. The highest BCUT2D eigenvalue weighted by Gasteiger charge is 2.29. The molecule has 0 amide bonds. The Balaban J connectivity index is 1.93. The standard InChI is InChI=1S/C17H24ClN3/c1-12-4-7-15-16(10-12)21(17(19-15)8-9-18)11-13(2)20(3)14-5-6-14/h4,7,10,13-14H,5-6,8-9,11H2,1-3H3. The van der Waals surface area contributed by atoms with Gasteiger partial charge in [0.25, 0.3) is 0 Å². The molecule has 0 radical (unpaired) electrons. The number of aryl methyl sites for hydroxylation is 2. The van der Waals surface area contributed by atoms with Crippen LogP contribution in [-0.2, 0) is 13.0 Å². The van der Waals surface area contributed by atoms with Crippen LogP contribution in [0.1, 0.15) is 31.2 Å². The second-order valence-electron chi connectivity index (χ2n) is 6.32. The van der Waals surface area contributed by atoms with Gasteiger partial charge in [-0.25, -0.2) is 4.98 Å². The summed E-state index contributed by atoms with van der Waals surface area (Å²) >= 11 is 5.96. The first kappa shape index (κ1) is 14.9. The fourth-order valence-corrected chi connectivity index (χ4v) is 3.17. The fourth-order valence-electron chi connectivity index (χ4n) is 3.00. The van der Waals surface area contributed by atoms with Crippen molar-refractivity contribution in [2.75, 3.05) is 12.9 Å². The van der Waals surface area contributed by atoms with Gasteiger partial charge >= 0.3 is 0 Å². The summed E-state index contributed by atoms with van der Waals surface area (Å²) in [6.45, 7) is 5.43. The van der Waals surface area contributed by atoms with E-state index in [9.17, 15) is 0 Å². The molecular weight excluding hydrogens is 282 g/mol. The van der Waals surface area contributed by atoms with Crippen LogP contribution in [0.15, 0.2) is 18.2 Å². The number of fused-ring (bicyclic) bond motifs is 1. The molecule has 0 spiro atoms. The molecule has 0 N–H and O–H groups in total. The number of halogens is 1. The molecule has 1 atom stereocenters. The molecular formula is C17H24ClN3. The van der Waals surface area contributed by atoms with Crippen LogP contribution >= 0.6 is 11.6 Å². The molecule has 1 unspecified atom stereocenters. The largest absolute Gasteiger partial charge is 0.326 e. The molecule has 114 valence electrons. The predicted octanol–water partition coefficient (Wildman–Crippen LogP) is 3.61. The fraction of sp³-hybridized carbons (Fsp3) is 0.588. The number of aromatic nitrogens is 2. The number of rotatable bonds is 6. The maximum absolute atomic E-state index is 5.96. The van der Waals surface area contributed by atoms with Gasteiger partial charge in [0.2, 0.25) is 0 Å². The van der Waals surface area contributed by atoms with Crippen LogP contribution in [0.4, 0.5) is 0 Å². The van der Waals surface area contributed by atoms with E-state index in [1.807, 2.05) is 0 Å². The average molecular weight is 306 g/mol. The normalized spacial score (nSPS) is 16.8. The Labute approximate surface area is 131 Å². The molecule has 3 rings (SSSR count). The number of nitrogens with zero attached hydrogens (tertiary/aromatic N) is 3. The molecule has 21 heavy (non-hydrogen) atoms. The smallest absolute Gasteiger partial charge is 0.111 e. The van der Waals surface area contributed by atoms with E-state index >= 15 is 0 Å². The Kier molecular flexibility index (Phi) is 4.23. The summed E-state index contributed by atoms with van der Waals surface area (Å²) in [7, 11) is 2.24. The molecule has 3 nitrogen and oxygen atoms in total. The zero-order valence-electron chi connectivity index (χ0n) is 13.1. The van der Waals surface area contributed by atoms with E-state index in [1.165, 1.54) is 23.9 Å². The molecule has 1 saturated carbocycles. The van der Waals surface area contributed by atoms with Gasteiger partial charge in [-0.3, -0.25) is 4.90 Å². The molecule has 1 aromatic carbocycles. The van der Waals surface area contributed by atoms with Crippen LogP contribution in [0.5, 0.6) is 0 Å². The molecule has 1 aliphatic carbocycles. The Morgan fingerprint density at radius 1 is 1.43 bits per heavy atom. The minimum absolute atomic E-state index is 0.518. The number of hydrogen-bond acceptors (Lipinski definition) is 2. The maximum Gasteiger partial charge on any atom is 0.111 e. The molecule has 4 heteroatoms. The summed E-state index contributed by atoms with van der Waals surface area (Å²) in [5, 5.41) is 0. The Morgan fingerprint density at radius 3 is 2.86 bits per heavy atom. The molecule has 1 fully saturated rings. The Bertz CT molecular complexity index is 630. The topological polar surface area (TPSA) is 21.1 Å². The third-order valence-corrected chi connectivity index (χ3v) is 4.75. The van der Waals surface area contributed by atoms with E-state index < -0.39 is 0 Å². The lowest BCUT2D eigenvalue weighted by Crippen LogP contribution is -2.34. The lowest BCUT2D eigenvalue weighted by atomic mass is 10.2. The van der Waals surface area contributed by atoms with Crippen molar-refractivity contribution in [1.29, 1.82) is 0 Å². The Morgan fingerprint density at radius 2 is 2.19 bits per heavy atom. The highest BCUT2D eigenvalue weighted by Crippen LogP contribution is 2.28. The van der Waals surface area contributed by atoms with Crippen molar-refractivity contribution in [3.63, 3.8) is 0 Å². The van der Waals surface area contributed by atoms with E-state index in [0.717, 1.165) is 30.3 Å². The first-order chi connectivity index (χ1) is 10.1. The number of benzene rings is 1. The maximum atomic E-state index is 5.96. The lowest BCUT2D eigenvalue weighted by Gasteiger charge is -2.25. The lowest BCUT2D eigenvalue weighted by molar-refractivity contribution is 0.226. The van der Waals surface area contributed by atoms with Crippen molar-refractivity contribution in [2.24, 2.45) is 0 Å². The van der Waals surface area contributed by atoms with Crippen molar-refractivity contribution in [3.05, 3.63) is 29.6 Å². The van der Waals surface area contributed by atoms with E-state index in [2.05, 4.69) is 48.6 Å². The first-order valence-corrected chi connectivity index (χ1v) is 8.37. The summed E-state index contributed by atoms with van der Waals surface area (Å²) in [4.78, 5) is 7.28. The molecule has 1 aliphatic rings. The second kappa shape index (κ2) is 5.98. The third-order valence-electron chi connectivity index (χ3n) is 4.57. The highest BCUT2D eigenvalue weighted by atomic mass is 35.5. The predicted molar refractivity (Wildman–Crippen MR) is 89.1 cm³/mol. The third kappa shape index (κ3) is 3.09. The van der Waals surface area contributed by atoms with Crippen molar-refractivity contribution in [1.82, 2.24) is 14.5 Å². The molecule has 1 aromatic heterocycles. The van der Waals surface area contributed by atoms with Gasteiger partial charge < -0.3 is 4.57 Å². The summed E-state index contributed by atoms with van der Waals surface area (Å²) < 4.78 is 2.37. The Hall–Kier alpha value is -1.06. The van der Waals surface area contributed by atoms with E-state index in [0.29, 0.717) is 11.9 Å². The van der Waals surface area contributed by atoms with Gasteiger partial charge in [-0.1, -0.05) is 6.07 Å². The first-order valence-electron chi connectivity index (χ1n) is 7.84. The molecule has 0 saturated heterocycles. The van der Waals surface area contributed by atoms with Gasteiger partial charge in [0.1, 0.15) is 5.82 Å². The summed E-state index contributed by atoms with van der Waals surface area (Å²) in [6.07, 6.45) is 3.52. The number of alkyl halides is 1. The van der Waals surface area contributed by atoms with Crippen LogP contribution in [0, 0.1) is 6.92 Å².